The van der Waals surface area contributed by atoms with Crippen molar-refractivity contribution in [2.45, 2.75) is 90.9 Å². The molecule has 1 atom stereocenters. The van der Waals surface area contributed by atoms with Crippen LogP contribution in [0.5, 0.6) is 0 Å². The third-order valence-corrected chi connectivity index (χ3v) is 11.0. The first-order chi connectivity index (χ1) is 35.7. The number of allylic oxidation sites excluding steroid dienone is 1. The normalized spacial score (nSPS) is 10.7. The standard InChI is InChI=1S/C26H31N3O8S.C17H12O5.C8H15N3O3.CH4/c1-4-5-10-35-26(33)36-11-6-9-29-16-20(27-28-29)17-7-8-18-12-19(25(32)37-22(18)14-17)13-21(30)23(38-3)15-24(31)34-2;1-3-11-4-5-12-9-13(17(20)22-15(12)8-11)10-14(18)6-7-16(19)21-2;1-2-3-6-13-8(12)14-7-4-5-10-11-9;/h7-8,12,14,16,23H,4-6,9-11,13,15H2,1-3H3;1,4-9H,10H2,2H3;2-7H2,1H3;1H4/b;7-6-;;. The molecule has 23 heteroatoms. The van der Waals surface area contributed by atoms with Crippen molar-refractivity contribution in [2.24, 2.45) is 5.11 Å². The van der Waals surface area contributed by atoms with E-state index in [1.54, 1.807) is 59.6 Å². The molecule has 0 amide bonds. The number of thioether (sulfide) groups is 1. The number of rotatable bonds is 25. The Morgan fingerprint density at radius 1 is 0.800 bits per heavy atom. The summed E-state index contributed by atoms with van der Waals surface area (Å²) >= 11 is 1.24. The van der Waals surface area contributed by atoms with Gasteiger partial charge in [0, 0.05) is 76.4 Å². The molecule has 0 aliphatic heterocycles. The predicted octanol–water partition coefficient (Wildman–Crippen LogP) is 8.69. The van der Waals surface area contributed by atoms with Crippen LogP contribution in [-0.2, 0) is 67.0 Å². The van der Waals surface area contributed by atoms with E-state index in [0.29, 0.717) is 77.9 Å². The number of hydrogen-bond acceptors (Lipinski definition) is 20. The van der Waals surface area contributed by atoms with Crippen molar-refractivity contribution in [2.75, 3.05) is 53.4 Å². The zero-order valence-corrected chi connectivity index (χ0v) is 42.6. The summed E-state index contributed by atoms with van der Waals surface area (Å²) in [6.45, 7) is 6.01. The highest BCUT2D eigenvalue weighted by Gasteiger charge is 2.23. The van der Waals surface area contributed by atoms with Gasteiger partial charge in [0.1, 0.15) is 16.9 Å². The van der Waals surface area contributed by atoms with Crippen molar-refractivity contribution in [1.82, 2.24) is 15.0 Å². The van der Waals surface area contributed by atoms with Crippen molar-refractivity contribution in [3.63, 3.8) is 0 Å². The largest absolute Gasteiger partial charge is 0.508 e. The molecule has 0 saturated carbocycles. The number of hydrogen-bond donors (Lipinski definition) is 0. The summed E-state index contributed by atoms with van der Waals surface area (Å²) in [6.07, 6.45) is 13.7. The van der Waals surface area contributed by atoms with E-state index >= 15 is 0 Å². The van der Waals surface area contributed by atoms with Crippen molar-refractivity contribution in [1.29, 1.82) is 0 Å². The topological polar surface area (TPSA) is 298 Å². The van der Waals surface area contributed by atoms with Crippen LogP contribution >= 0.6 is 11.8 Å². The third-order valence-electron chi connectivity index (χ3n) is 10.0. The second-order valence-corrected chi connectivity index (χ2v) is 16.6. The average Bonchev–Trinajstić information content (AvgIpc) is 3.88. The molecule has 0 bridgehead atoms. The van der Waals surface area contributed by atoms with E-state index in [-0.39, 0.29) is 56.8 Å². The summed E-state index contributed by atoms with van der Waals surface area (Å²) in [7, 11) is 2.47. The predicted molar refractivity (Wildman–Crippen MR) is 279 cm³/mol. The molecule has 3 aromatic heterocycles. The number of aromatic nitrogens is 3. The van der Waals surface area contributed by atoms with Gasteiger partial charge < -0.3 is 37.3 Å². The van der Waals surface area contributed by atoms with Crippen LogP contribution in [0.25, 0.3) is 43.6 Å². The van der Waals surface area contributed by atoms with Crippen molar-refractivity contribution < 1.29 is 66.0 Å². The van der Waals surface area contributed by atoms with Gasteiger partial charge >= 0.3 is 35.5 Å². The number of carbonyl (C=O) groups is 6. The monoisotopic (exact) mass is 1060 g/mol. The summed E-state index contributed by atoms with van der Waals surface area (Å²) in [5.74, 6) is 0.674. The molecule has 5 rings (SSSR count). The van der Waals surface area contributed by atoms with E-state index in [2.05, 4.69) is 35.7 Å². The zero-order chi connectivity index (χ0) is 54.3. The van der Waals surface area contributed by atoms with Gasteiger partial charge in [-0.3, -0.25) is 19.1 Å². The highest BCUT2D eigenvalue weighted by Crippen LogP contribution is 2.24. The lowest BCUT2D eigenvalue weighted by molar-refractivity contribution is -0.141. The molecule has 0 aliphatic carbocycles. The lowest BCUT2D eigenvalue weighted by atomic mass is 10.0. The number of fused-ring (bicyclic) bond motifs is 2. The van der Waals surface area contributed by atoms with Crippen LogP contribution in [0.15, 0.2) is 90.4 Å². The lowest BCUT2D eigenvalue weighted by Gasteiger charge is -2.11. The van der Waals surface area contributed by atoms with Crippen LogP contribution < -0.4 is 11.3 Å². The first kappa shape index (κ1) is 62.9. The Morgan fingerprint density at radius 3 is 1.93 bits per heavy atom. The number of terminal acetylenes is 1. The second-order valence-electron chi connectivity index (χ2n) is 15.5. The number of aryl methyl sites for hydroxylation is 1. The Balaban J connectivity index is 0.000000438. The van der Waals surface area contributed by atoms with Crippen LogP contribution in [0, 0.1) is 12.3 Å². The van der Waals surface area contributed by atoms with Crippen molar-refractivity contribution >= 4 is 69.5 Å². The van der Waals surface area contributed by atoms with Crippen molar-refractivity contribution in [3.8, 4) is 23.6 Å². The maximum atomic E-state index is 12.6. The minimum absolute atomic E-state index is 0. The molecule has 0 radical (unpaired) electrons. The number of carbonyl (C=O) groups excluding carboxylic acids is 6. The Kier molecular flexibility index (Phi) is 29.4. The minimum atomic E-state index is -0.673. The molecule has 0 fully saturated rings. The molecular weight excluding hydrogens is 997 g/mol. The van der Waals surface area contributed by atoms with Gasteiger partial charge in [0.15, 0.2) is 11.6 Å². The highest BCUT2D eigenvalue weighted by atomic mass is 32.2. The van der Waals surface area contributed by atoms with E-state index < -0.39 is 46.5 Å². The molecule has 402 valence electrons. The van der Waals surface area contributed by atoms with Crippen LogP contribution in [0.3, 0.4) is 0 Å². The number of ketones is 2. The van der Waals surface area contributed by atoms with Crippen LogP contribution in [0.4, 0.5) is 9.59 Å². The maximum absolute atomic E-state index is 12.6. The summed E-state index contributed by atoms with van der Waals surface area (Å²) in [6, 6.07) is 13.5. The number of azide groups is 1. The van der Waals surface area contributed by atoms with E-state index in [9.17, 15) is 38.4 Å². The Morgan fingerprint density at radius 2 is 1.37 bits per heavy atom. The first-order valence-corrected chi connectivity index (χ1v) is 24.5. The lowest BCUT2D eigenvalue weighted by Crippen LogP contribution is -2.25. The Labute approximate surface area is 437 Å². The minimum Gasteiger partial charge on any atom is -0.469 e. The number of Topliss-reactive ketones (excluding diaryl/α,β-unsaturated/α-hetero) is 1. The van der Waals surface area contributed by atoms with E-state index in [1.807, 2.05) is 19.9 Å². The SMILES string of the molecule is C.C#Cc1ccc2cc(CC(=O)/C=C\C(=O)OC)c(=O)oc2c1.CCCCOC(=O)OCCCN=[N+]=[N-].CCCCOC(=O)OCCCn1cc(-c2ccc3cc(CC(=O)C(CC(=O)OC)SC)c(=O)oc3c2)nn1. The molecule has 22 nitrogen and oxygen atoms in total. The zero-order valence-electron chi connectivity index (χ0n) is 41.7. The van der Waals surface area contributed by atoms with Gasteiger partial charge in [0.05, 0.1) is 58.5 Å². The van der Waals surface area contributed by atoms with Gasteiger partial charge in [-0.15, -0.1) is 11.5 Å². The fraction of sp³-hybridized carbons (Fsp3) is 0.423. The maximum Gasteiger partial charge on any atom is 0.508 e. The molecule has 0 N–H and O–H groups in total. The molecular formula is C52H62N6O16S. The van der Waals surface area contributed by atoms with Crippen LogP contribution in [0.1, 0.15) is 82.9 Å². The molecule has 0 saturated heterocycles. The summed E-state index contributed by atoms with van der Waals surface area (Å²) < 4.78 is 40.7. The Bertz CT molecular complexity index is 2930. The van der Waals surface area contributed by atoms with E-state index in [0.717, 1.165) is 37.8 Å². The molecule has 0 spiro atoms. The number of esters is 2. The highest BCUT2D eigenvalue weighted by molar-refractivity contribution is 7.99. The summed E-state index contributed by atoms with van der Waals surface area (Å²) in [4.78, 5) is 96.1. The number of unbranched alkanes of at least 4 members (excludes halogenated alkanes) is 2. The smallest absolute Gasteiger partial charge is 0.469 e. The molecule has 3 heterocycles. The number of methoxy groups -OCH3 is 2. The molecule has 75 heavy (non-hydrogen) atoms. The van der Waals surface area contributed by atoms with Gasteiger partial charge in [0.2, 0.25) is 0 Å². The summed E-state index contributed by atoms with van der Waals surface area (Å²) in [5.41, 5.74) is 9.75. The van der Waals surface area contributed by atoms with E-state index in [4.69, 9.17) is 39.7 Å². The third kappa shape index (κ3) is 23.0. The molecule has 1 unspecified atom stereocenters. The Hall–Kier alpha value is -8.22. The quantitative estimate of drug-likeness (QED) is 0.00607. The summed E-state index contributed by atoms with van der Waals surface area (Å²) in [5, 5.41) is 12.3. The molecule has 2 aromatic carbocycles. The van der Waals surface area contributed by atoms with Gasteiger partial charge in [-0.25, -0.2) is 24.0 Å². The van der Waals surface area contributed by atoms with Crippen molar-refractivity contribution in [3.05, 3.63) is 115 Å². The van der Waals surface area contributed by atoms with Crippen LogP contribution in [0.2, 0.25) is 0 Å². The molecule has 5 aromatic rings. The van der Waals surface area contributed by atoms with Crippen LogP contribution in [-0.4, -0.2) is 110 Å². The molecule has 0 aliphatic rings. The number of nitrogens with zero attached hydrogens (tertiary/aromatic N) is 6. The fourth-order valence-electron chi connectivity index (χ4n) is 6.08. The van der Waals surface area contributed by atoms with E-state index in [1.165, 1.54) is 26.0 Å². The number of benzene rings is 2. The second kappa shape index (κ2) is 35.0. The first-order valence-electron chi connectivity index (χ1n) is 23.2. The van der Waals surface area contributed by atoms with Gasteiger partial charge in [-0.05, 0) is 73.5 Å². The van der Waals surface area contributed by atoms with Gasteiger partial charge in [-0.2, -0.15) is 11.8 Å². The van der Waals surface area contributed by atoms with Gasteiger partial charge in [-0.1, -0.05) is 62.5 Å². The fourth-order valence-corrected chi connectivity index (χ4v) is 6.73. The van der Waals surface area contributed by atoms with Gasteiger partial charge in [0.25, 0.3) is 0 Å². The number of ether oxygens (including phenoxy) is 6. The average molecular weight is 1060 g/mol.